The first-order valence-corrected chi connectivity index (χ1v) is 11.1. The summed E-state index contributed by atoms with van der Waals surface area (Å²) in [6.45, 7) is 15.7. The van der Waals surface area contributed by atoms with Gasteiger partial charge in [0.25, 0.3) is 0 Å². The van der Waals surface area contributed by atoms with E-state index in [0.29, 0.717) is 35.5 Å². The van der Waals surface area contributed by atoms with E-state index in [-0.39, 0.29) is 6.61 Å². The summed E-state index contributed by atoms with van der Waals surface area (Å²) in [5, 5.41) is 11.7. The van der Waals surface area contributed by atoms with Crippen molar-refractivity contribution in [2.75, 3.05) is 6.61 Å². The lowest BCUT2D eigenvalue weighted by Gasteiger charge is -2.60. The summed E-state index contributed by atoms with van der Waals surface area (Å²) >= 11 is 0. The topological polar surface area (TPSA) is 46.5 Å². The number of aliphatic hydroxyl groups is 1. The van der Waals surface area contributed by atoms with E-state index < -0.39 is 17.0 Å². The normalized spacial score (nSPS) is 46.5. The van der Waals surface area contributed by atoms with Crippen molar-refractivity contribution in [2.24, 2.45) is 40.4 Å². The lowest BCUT2D eigenvalue weighted by molar-refractivity contribution is -0.210. The number of carbonyl (C=O) groups excluding carboxylic acids is 1. The Morgan fingerprint density at radius 1 is 1.07 bits per heavy atom. The Kier molecular flexibility index (Phi) is 5.58. The van der Waals surface area contributed by atoms with Gasteiger partial charge in [-0.05, 0) is 73.5 Å². The summed E-state index contributed by atoms with van der Waals surface area (Å²) in [5.74, 6) is 2.54. The van der Waals surface area contributed by atoms with Gasteiger partial charge in [0.1, 0.15) is 6.61 Å². The highest BCUT2D eigenvalue weighted by Gasteiger charge is 2.62. The summed E-state index contributed by atoms with van der Waals surface area (Å²) in [4.78, 5) is 13.0. The molecule has 0 aromatic rings. The van der Waals surface area contributed by atoms with E-state index in [1.807, 2.05) is 0 Å². The maximum Gasteiger partial charge on any atom is 0.339 e. The molecular weight excluding hydrogens is 336 g/mol. The highest BCUT2D eigenvalue weighted by Crippen LogP contribution is 2.62. The van der Waals surface area contributed by atoms with Crippen LogP contribution in [0.1, 0.15) is 79.6 Å². The molecule has 3 aliphatic carbocycles. The Bertz CT molecular complexity index is 582. The number of esters is 1. The van der Waals surface area contributed by atoms with Crippen LogP contribution in [0.5, 0.6) is 0 Å². The van der Waals surface area contributed by atoms with Gasteiger partial charge in [0.15, 0.2) is 5.60 Å². The first kappa shape index (κ1) is 20.9. The molecule has 0 heterocycles. The maximum atomic E-state index is 13.0. The molecule has 27 heavy (non-hydrogen) atoms. The van der Waals surface area contributed by atoms with E-state index in [1.165, 1.54) is 12.8 Å². The standard InChI is InChI=1S/C24H40O3/c1-7-14-27-21(25)24(26)13-10-17(3)20-15-18-9-8-16(2)19(22(18,4)5)11-12-23(20,24)6/h7,16-20,26H,1,8-15H2,2-6H3/t16-,17-,18+,19+,20-,23+,24?/m1/s1. The number of fused-ring (bicyclic) bond motifs is 3. The highest BCUT2D eigenvalue weighted by atomic mass is 16.5. The molecule has 1 N–H and O–H groups in total. The molecule has 3 heteroatoms. The third kappa shape index (κ3) is 3.18. The summed E-state index contributed by atoms with van der Waals surface area (Å²) in [6, 6.07) is 0. The van der Waals surface area contributed by atoms with Crippen molar-refractivity contribution in [3.63, 3.8) is 0 Å². The van der Waals surface area contributed by atoms with Gasteiger partial charge in [0, 0.05) is 5.41 Å². The smallest absolute Gasteiger partial charge is 0.339 e. The fourth-order valence-corrected chi connectivity index (χ4v) is 7.25. The third-order valence-electron chi connectivity index (χ3n) is 9.26. The van der Waals surface area contributed by atoms with Crippen LogP contribution in [0.4, 0.5) is 0 Å². The summed E-state index contributed by atoms with van der Waals surface area (Å²) in [5.41, 5.74) is -1.43. The summed E-state index contributed by atoms with van der Waals surface area (Å²) in [6.07, 6.45) is 8.74. The molecule has 0 amide bonds. The Balaban J connectivity index is 1.98. The van der Waals surface area contributed by atoms with Crippen LogP contribution in [0.2, 0.25) is 0 Å². The average Bonchev–Trinajstić information content (AvgIpc) is 2.60. The monoisotopic (exact) mass is 376 g/mol. The van der Waals surface area contributed by atoms with Crippen molar-refractivity contribution in [3.8, 4) is 0 Å². The van der Waals surface area contributed by atoms with E-state index in [9.17, 15) is 9.90 Å². The molecule has 2 bridgehead atoms. The van der Waals surface area contributed by atoms with Crippen molar-refractivity contribution in [1.82, 2.24) is 0 Å². The van der Waals surface area contributed by atoms with Crippen molar-refractivity contribution >= 4 is 5.97 Å². The molecule has 7 atom stereocenters. The second kappa shape index (κ2) is 7.21. The van der Waals surface area contributed by atoms with Crippen LogP contribution in [0.25, 0.3) is 0 Å². The van der Waals surface area contributed by atoms with Crippen molar-refractivity contribution < 1.29 is 14.6 Å². The van der Waals surface area contributed by atoms with Gasteiger partial charge in [0.05, 0.1) is 0 Å². The predicted octanol–water partition coefficient (Wildman–Crippen LogP) is 5.37. The number of rotatable bonds is 3. The first-order valence-electron chi connectivity index (χ1n) is 11.1. The van der Waals surface area contributed by atoms with Gasteiger partial charge in [-0.2, -0.15) is 0 Å². The Morgan fingerprint density at radius 2 is 1.74 bits per heavy atom. The minimum Gasteiger partial charge on any atom is -0.459 e. The number of ether oxygens (including phenoxy) is 1. The molecule has 0 aromatic heterocycles. The molecule has 3 nitrogen and oxygen atoms in total. The van der Waals surface area contributed by atoms with Gasteiger partial charge in [-0.3, -0.25) is 0 Å². The largest absolute Gasteiger partial charge is 0.459 e. The molecule has 0 spiro atoms. The number of carbonyl (C=O) groups is 1. The Morgan fingerprint density at radius 3 is 2.41 bits per heavy atom. The van der Waals surface area contributed by atoms with Crippen LogP contribution < -0.4 is 0 Å². The molecular formula is C24H40O3. The van der Waals surface area contributed by atoms with Gasteiger partial charge in [-0.1, -0.05) is 53.7 Å². The van der Waals surface area contributed by atoms with Gasteiger partial charge >= 0.3 is 5.97 Å². The quantitative estimate of drug-likeness (QED) is 0.532. The average molecular weight is 377 g/mol. The zero-order valence-electron chi connectivity index (χ0n) is 18.1. The molecule has 3 aliphatic rings. The fourth-order valence-electron chi connectivity index (χ4n) is 7.25. The van der Waals surface area contributed by atoms with Crippen LogP contribution in [0.15, 0.2) is 12.7 Å². The van der Waals surface area contributed by atoms with Gasteiger partial charge in [0.2, 0.25) is 0 Å². The van der Waals surface area contributed by atoms with Crippen LogP contribution >= 0.6 is 0 Å². The molecule has 0 aromatic carbocycles. The second-order valence-corrected chi connectivity index (χ2v) is 10.7. The second-order valence-electron chi connectivity index (χ2n) is 10.7. The molecule has 0 saturated heterocycles. The molecule has 1 unspecified atom stereocenters. The minimum absolute atomic E-state index is 0.173. The molecule has 3 fully saturated rings. The van der Waals surface area contributed by atoms with Crippen LogP contribution in [0, 0.1) is 40.4 Å². The maximum absolute atomic E-state index is 13.0. The molecule has 3 rings (SSSR count). The Labute approximate surface area is 165 Å². The summed E-state index contributed by atoms with van der Waals surface area (Å²) in [7, 11) is 0. The van der Waals surface area contributed by atoms with Crippen LogP contribution in [-0.2, 0) is 9.53 Å². The predicted molar refractivity (Wildman–Crippen MR) is 109 cm³/mol. The van der Waals surface area contributed by atoms with Crippen LogP contribution in [-0.4, -0.2) is 23.3 Å². The lowest BCUT2D eigenvalue weighted by atomic mass is 9.45. The van der Waals surface area contributed by atoms with E-state index in [2.05, 4.69) is 41.2 Å². The fraction of sp³-hybridized carbons (Fsp3) is 0.875. The van der Waals surface area contributed by atoms with E-state index in [1.54, 1.807) is 6.08 Å². The molecule has 0 radical (unpaired) electrons. The van der Waals surface area contributed by atoms with Gasteiger partial charge < -0.3 is 9.84 Å². The number of hydrogen-bond acceptors (Lipinski definition) is 3. The number of hydrogen-bond donors (Lipinski definition) is 1. The summed E-state index contributed by atoms with van der Waals surface area (Å²) < 4.78 is 5.40. The highest BCUT2D eigenvalue weighted by molar-refractivity contribution is 5.81. The van der Waals surface area contributed by atoms with Gasteiger partial charge in [-0.25, -0.2) is 4.79 Å². The lowest BCUT2D eigenvalue weighted by Crippen LogP contribution is -2.62. The van der Waals surface area contributed by atoms with Crippen molar-refractivity contribution in [3.05, 3.63) is 12.7 Å². The van der Waals surface area contributed by atoms with Crippen LogP contribution in [0.3, 0.4) is 0 Å². The van der Waals surface area contributed by atoms with Gasteiger partial charge in [-0.15, -0.1) is 0 Å². The van der Waals surface area contributed by atoms with Crippen molar-refractivity contribution in [1.29, 1.82) is 0 Å². The molecule has 154 valence electrons. The molecule has 3 saturated carbocycles. The van der Waals surface area contributed by atoms with E-state index in [0.717, 1.165) is 31.6 Å². The first-order chi connectivity index (χ1) is 12.6. The third-order valence-corrected chi connectivity index (χ3v) is 9.26. The van der Waals surface area contributed by atoms with E-state index >= 15 is 0 Å². The SMILES string of the molecule is C=CCOC(=O)C1(O)CC[C@@H](C)[C@H]2C[C@@H]3CC[C@@H](C)[C@H](CC[C@@]21C)C3(C)C. The zero-order chi connectivity index (χ0) is 20.0. The minimum atomic E-state index is -1.37. The van der Waals surface area contributed by atoms with Crippen molar-refractivity contribution in [2.45, 2.75) is 85.2 Å². The zero-order valence-corrected chi connectivity index (χ0v) is 18.1. The Hall–Kier alpha value is -0.830. The van der Waals surface area contributed by atoms with E-state index in [4.69, 9.17) is 4.74 Å². The molecule has 0 aliphatic heterocycles.